The van der Waals surface area contributed by atoms with Gasteiger partial charge in [0.1, 0.15) is 13.2 Å². The SMILES string of the molecule is Cc1nc(-c2ccccc2)ccc1C(=O)NCc1ccc2c(c1)OCCO2. The monoisotopic (exact) mass is 360 g/mol. The predicted octanol–water partition coefficient (Wildman–Crippen LogP) is 3.76. The Labute approximate surface area is 158 Å². The number of fused-ring (bicyclic) bond motifs is 1. The van der Waals surface area contributed by atoms with Crippen molar-refractivity contribution in [1.29, 1.82) is 0 Å². The van der Waals surface area contributed by atoms with Crippen LogP contribution in [0.3, 0.4) is 0 Å². The number of carbonyl (C=O) groups excluding carboxylic acids is 1. The van der Waals surface area contributed by atoms with Gasteiger partial charge in [0.2, 0.25) is 0 Å². The van der Waals surface area contributed by atoms with E-state index in [-0.39, 0.29) is 5.91 Å². The maximum absolute atomic E-state index is 12.6. The number of amides is 1. The summed E-state index contributed by atoms with van der Waals surface area (Å²) in [6, 6.07) is 19.3. The molecule has 1 N–H and O–H groups in total. The summed E-state index contributed by atoms with van der Waals surface area (Å²) in [6.45, 7) is 3.37. The first-order valence-corrected chi connectivity index (χ1v) is 8.90. The van der Waals surface area contributed by atoms with E-state index in [0.717, 1.165) is 28.3 Å². The average molecular weight is 360 g/mol. The number of carbonyl (C=O) groups is 1. The minimum absolute atomic E-state index is 0.144. The standard InChI is InChI=1S/C22H20N2O3/c1-15-18(8-9-19(24-15)17-5-3-2-4-6-17)22(25)23-14-16-7-10-20-21(13-16)27-12-11-26-20/h2-10,13H,11-12,14H2,1H3,(H,23,25). The number of benzene rings is 2. The molecule has 27 heavy (non-hydrogen) atoms. The third kappa shape index (κ3) is 3.77. The van der Waals surface area contributed by atoms with Gasteiger partial charge in [0, 0.05) is 12.1 Å². The van der Waals surface area contributed by atoms with Gasteiger partial charge in [0.05, 0.1) is 17.0 Å². The van der Waals surface area contributed by atoms with Gasteiger partial charge in [0.15, 0.2) is 11.5 Å². The van der Waals surface area contributed by atoms with Gasteiger partial charge in [-0.05, 0) is 36.8 Å². The lowest BCUT2D eigenvalue weighted by Gasteiger charge is -2.19. The third-order valence-corrected chi connectivity index (χ3v) is 4.46. The zero-order valence-electron chi connectivity index (χ0n) is 15.1. The number of aryl methyl sites for hydroxylation is 1. The molecule has 1 aliphatic rings. The van der Waals surface area contributed by atoms with E-state index in [0.29, 0.717) is 31.0 Å². The number of hydrogen-bond donors (Lipinski definition) is 1. The highest BCUT2D eigenvalue weighted by Gasteiger charge is 2.14. The summed E-state index contributed by atoms with van der Waals surface area (Å²) >= 11 is 0. The van der Waals surface area contributed by atoms with Crippen LogP contribution in [0, 0.1) is 6.92 Å². The molecule has 136 valence electrons. The highest BCUT2D eigenvalue weighted by molar-refractivity contribution is 5.95. The van der Waals surface area contributed by atoms with Crippen LogP contribution in [0.1, 0.15) is 21.6 Å². The topological polar surface area (TPSA) is 60.5 Å². The first-order chi connectivity index (χ1) is 13.2. The van der Waals surface area contributed by atoms with Crippen LogP contribution in [0.5, 0.6) is 11.5 Å². The van der Waals surface area contributed by atoms with Gasteiger partial charge in [0.25, 0.3) is 5.91 Å². The summed E-state index contributed by atoms with van der Waals surface area (Å²) in [5, 5.41) is 2.95. The zero-order chi connectivity index (χ0) is 18.6. The van der Waals surface area contributed by atoms with E-state index < -0.39 is 0 Å². The number of hydrogen-bond acceptors (Lipinski definition) is 4. The van der Waals surface area contributed by atoms with Gasteiger partial charge in [-0.2, -0.15) is 0 Å². The molecule has 0 aliphatic carbocycles. The Kier molecular flexibility index (Phi) is 4.75. The van der Waals surface area contributed by atoms with Crippen molar-refractivity contribution in [2.24, 2.45) is 0 Å². The Balaban J connectivity index is 1.45. The first-order valence-electron chi connectivity index (χ1n) is 8.90. The van der Waals surface area contributed by atoms with Crippen LogP contribution in [0.4, 0.5) is 0 Å². The number of nitrogens with zero attached hydrogens (tertiary/aromatic N) is 1. The summed E-state index contributed by atoms with van der Waals surface area (Å²) < 4.78 is 11.1. The molecule has 3 aromatic rings. The summed E-state index contributed by atoms with van der Waals surface area (Å²) in [4.78, 5) is 17.1. The Morgan fingerprint density at radius 3 is 2.56 bits per heavy atom. The minimum Gasteiger partial charge on any atom is -0.486 e. The summed E-state index contributed by atoms with van der Waals surface area (Å²) in [7, 11) is 0. The fourth-order valence-electron chi connectivity index (χ4n) is 3.05. The van der Waals surface area contributed by atoms with Crippen molar-refractivity contribution in [3.63, 3.8) is 0 Å². The molecule has 0 bridgehead atoms. The predicted molar refractivity (Wildman–Crippen MR) is 103 cm³/mol. The molecular formula is C22H20N2O3. The molecule has 5 nitrogen and oxygen atoms in total. The minimum atomic E-state index is -0.144. The third-order valence-electron chi connectivity index (χ3n) is 4.46. The summed E-state index contributed by atoms with van der Waals surface area (Å²) in [5.41, 5.74) is 4.13. The van der Waals surface area contributed by atoms with Gasteiger partial charge < -0.3 is 14.8 Å². The Morgan fingerprint density at radius 2 is 1.78 bits per heavy atom. The second kappa shape index (κ2) is 7.50. The fraction of sp³-hybridized carbons (Fsp3) is 0.182. The lowest BCUT2D eigenvalue weighted by atomic mass is 10.1. The van der Waals surface area contributed by atoms with E-state index in [1.54, 1.807) is 0 Å². The molecule has 1 aliphatic heterocycles. The number of aromatic nitrogens is 1. The molecular weight excluding hydrogens is 340 g/mol. The molecule has 0 atom stereocenters. The molecule has 0 fully saturated rings. The Morgan fingerprint density at radius 1 is 1.00 bits per heavy atom. The molecule has 4 rings (SSSR count). The number of pyridine rings is 1. The van der Waals surface area contributed by atoms with E-state index in [1.807, 2.05) is 67.6 Å². The molecule has 1 amide bonds. The zero-order valence-corrected chi connectivity index (χ0v) is 15.1. The van der Waals surface area contributed by atoms with Crippen molar-refractivity contribution in [1.82, 2.24) is 10.3 Å². The fourth-order valence-corrected chi connectivity index (χ4v) is 3.05. The molecule has 0 radical (unpaired) electrons. The molecule has 2 heterocycles. The molecule has 0 unspecified atom stereocenters. The van der Waals surface area contributed by atoms with Crippen LogP contribution in [-0.2, 0) is 6.54 Å². The van der Waals surface area contributed by atoms with Crippen molar-refractivity contribution in [2.75, 3.05) is 13.2 Å². The van der Waals surface area contributed by atoms with Gasteiger partial charge in [-0.3, -0.25) is 9.78 Å². The van der Waals surface area contributed by atoms with Gasteiger partial charge in [-0.15, -0.1) is 0 Å². The van der Waals surface area contributed by atoms with Gasteiger partial charge in [-0.1, -0.05) is 36.4 Å². The van der Waals surface area contributed by atoms with E-state index in [2.05, 4.69) is 10.3 Å². The maximum Gasteiger partial charge on any atom is 0.253 e. The van der Waals surface area contributed by atoms with E-state index in [1.165, 1.54) is 0 Å². The lowest BCUT2D eigenvalue weighted by molar-refractivity contribution is 0.0950. The highest BCUT2D eigenvalue weighted by atomic mass is 16.6. The molecule has 2 aromatic carbocycles. The second-order valence-electron chi connectivity index (χ2n) is 6.36. The Bertz CT molecular complexity index is 971. The maximum atomic E-state index is 12.6. The quantitative estimate of drug-likeness (QED) is 0.770. The van der Waals surface area contributed by atoms with Crippen molar-refractivity contribution in [3.8, 4) is 22.8 Å². The average Bonchev–Trinajstić information content (AvgIpc) is 2.72. The molecule has 0 spiro atoms. The normalized spacial score (nSPS) is 12.5. The van der Waals surface area contributed by atoms with Crippen LogP contribution in [0.15, 0.2) is 60.7 Å². The van der Waals surface area contributed by atoms with Crippen molar-refractivity contribution in [3.05, 3.63) is 77.5 Å². The number of rotatable bonds is 4. The summed E-state index contributed by atoms with van der Waals surface area (Å²) in [5.74, 6) is 1.32. The number of ether oxygens (including phenoxy) is 2. The van der Waals surface area contributed by atoms with Crippen LogP contribution >= 0.6 is 0 Å². The molecule has 1 aromatic heterocycles. The van der Waals surface area contributed by atoms with Crippen molar-refractivity contribution >= 4 is 5.91 Å². The van der Waals surface area contributed by atoms with Gasteiger partial charge >= 0.3 is 0 Å². The van der Waals surface area contributed by atoms with Crippen LogP contribution in [-0.4, -0.2) is 24.1 Å². The van der Waals surface area contributed by atoms with Crippen molar-refractivity contribution < 1.29 is 14.3 Å². The number of nitrogens with one attached hydrogen (secondary N) is 1. The van der Waals surface area contributed by atoms with Crippen LogP contribution in [0.2, 0.25) is 0 Å². The van der Waals surface area contributed by atoms with Crippen LogP contribution < -0.4 is 14.8 Å². The second-order valence-corrected chi connectivity index (χ2v) is 6.36. The molecule has 5 heteroatoms. The largest absolute Gasteiger partial charge is 0.486 e. The Hall–Kier alpha value is -3.34. The first kappa shape index (κ1) is 17.1. The molecule has 0 saturated carbocycles. The molecule has 0 saturated heterocycles. The van der Waals surface area contributed by atoms with E-state index in [9.17, 15) is 4.79 Å². The highest BCUT2D eigenvalue weighted by Crippen LogP contribution is 2.30. The van der Waals surface area contributed by atoms with Crippen LogP contribution in [0.25, 0.3) is 11.3 Å². The van der Waals surface area contributed by atoms with E-state index >= 15 is 0 Å². The smallest absolute Gasteiger partial charge is 0.253 e. The summed E-state index contributed by atoms with van der Waals surface area (Å²) in [6.07, 6.45) is 0. The van der Waals surface area contributed by atoms with Crippen molar-refractivity contribution in [2.45, 2.75) is 13.5 Å². The van der Waals surface area contributed by atoms with Gasteiger partial charge in [-0.25, -0.2) is 0 Å². The lowest BCUT2D eigenvalue weighted by Crippen LogP contribution is -2.24. The van der Waals surface area contributed by atoms with E-state index in [4.69, 9.17) is 9.47 Å².